The topological polar surface area (TPSA) is 3.88 Å². The highest BCUT2D eigenvalue weighted by Crippen LogP contribution is 2.38. The Kier molecular flexibility index (Phi) is 6.87. The molecule has 176 valence electrons. The number of aryl methyl sites for hydroxylation is 1. The van der Waals surface area contributed by atoms with E-state index in [4.69, 9.17) is 0 Å². The summed E-state index contributed by atoms with van der Waals surface area (Å²) in [7, 11) is 0.737. The fourth-order valence-electron chi connectivity index (χ4n) is 6.11. The zero-order valence-corrected chi connectivity index (χ0v) is 23.3. The minimum Gasteiger partial charge on any atom is -0.200 e. The highest BCUT2D eigenvalue weighted by atomic mass is 28.3. The summed E-state index contributed by atoms with van der Waals surface area (Å²) in [4.78, 5) is 0. The third-order valence-corrected chi connectivity index (χ3v) is 12.9. The molecule has 2 heteroatoms. The molecule has 0 aliphatic heterocycles. The molecule has 33 heavy (non-hydrogen) atoms. The second kappa shape index (κ2) is 9.37. The minimum atomic E-state index is -1.47. The number of pyridine rings is 1. The summed E-state index contributed by atoms with van der Waals surface area (Å²) in [6.07, 6.45) is 9.44. The smallest absolute Gasteiger partial charge is 0.200 e. The summed E-state index contributed by atoms with van der Waals surface area (Å²) >= 11 is 0. The number of hydrogen-bond donors (Lipinski definition) is 0. The number of rotatable bonds is 5. The summed E-state index contributed by atoms with van der Waals surface area (Å²) in [6.45, 7) is 16.8. The lowest BCUT2D eigenvalue weighted by Crippen LogP contribution is -2.46. The Hall–Kier alpha value is -1.93. The number of aromatic nitrogens is 1. The van der Waals surface area contributed by atoms with Crippen molar-refractivity contribution in [1.82, 2.24) is 0 Å². The van der Waals surface area contributed by atoms with E-state index in [0.717, 1.165) is 5.54 Å². The van der Waals surface area contributed by atoms with Crippen LogP contribution in [0.4, 0.5) is 0 Å². The van der Waals surface area contributed by atoms with E-state index in [-0.39, 0.29) is 0 Å². The van der Waals surface area contributed by atoms with Crippen LogP contribution in [0.2, 0.25) is 18.6 Å². The van der Waals surface area contributed by atoms with Gasteiger partial charge in [-0.1, -0.05) is 96.3 Å². The Balaban J connectivity index is 1.89. The molecule has 1 aromatic heterocycles. The van der Waals surface area contributed by atoms with E-state index in [1.807, 2.05) is 0 Å². The summed E-state index contributed by atoms with van der Waals surface area (Å²) in [5, 5.41) is 4.42. The second-order valence-electron chi connectivity index (χ2n) is 11.7. The molecule has 0 unspecified atom stereocenters. The molecule has 0 amide bonds. The maximum atomic E-state index is 2.61. The summed E-state index contributed by atoms with van der Waals surface area (Å²) in [5.41, 5.74) is 8.04. The molecule has 3 aromatic rings. The van der Waals surface area contributed by atoms with Crippen LogP contribution in [0.15, 0.2) is 42.6 Å². The lowest BCUT2D eigenvalue weighted by molar-refractivity contribution is -0.659. The van der Waals surface area contributed by atoms with Crippen LogP contribution in [0, 0.1) is 6.92 Å². The van der Waals surface area contributed by atoms with E-state index in [0.29, 0.717) is 11.8 Å². The van der Waals surface area contributed by atoms with Crippen LogP contribution in [0.5, 0.6) is 0 Å². The van der Waals surface area contributed by atoms with E-state index in [1.54, 1.807) is 5.19 Å². The van der Waals surface area contributed by atoms with Crippen molar-refractivity contribution in [2.24, 2.45) is 7.05 Å². The highest BCUT2D eigenvalue weighted by molar-refractivity contribution is 6.91. The largest absolute Gasteiger partial charge is 0.220 e. The molecule has 0 bridgehead atoms. The SMILES string of the molecule is Cc1c(-c2c3ccc([Si](C)(C)C4CCCCC4)cc3cc[n+]2C)cc(C(C)C)cc1C(C)C. The average molecular weight is 459 g/mol. The molecule has 0 saturated heterocycles. The van der Waals surface area contributed by atoms with E-state index in [1.165, 1.54) is 70.8 Å². The number of fused-ring (bicyclic) bond motifs is 1. The van der Waals surface area contributed by atoms with Crippen molar-refractivity contribution in [2.45, 2.75) is 97.2 Å². The average Bonchev–Trinajstić information content (AvgIpc) is 2.79. The molecule has 0 radical (unpaired) electrons. The molecule has 1 aliphatic carbocycles. The summed E-state index contributed by atoms with van der Waals surface area (Å²) in [6, 6.07) is 14.7. The van der Waals surface area contributed by atoms with Crippen LogP contribution in [0.25, 0.3) is 22.0 Å². The van der Waals surface area contributed by atoms with E-state index >= 15 is 0 Å². The monoisotopic (exact) mass is 458 g/mol. The first-order valence-electron chi connectivity index (χ1n) is 13.2. The van der Waals surface area contributed by atoms with Crippen molar-refractivity contribution in [1.29, 1.82) is 0 Å². The molecule has 1 heterocycles. The highest BCUT2D eigenvalue weighted by Gasteiger charge is 2.34. The third-order valence-electron chi connectivity index (χ3n) is 8.52. The zero-order chi connectivity index (χ0) is 23.9. The van der Waals surface area contributed by atoms with Gasteiger partial charge in [-0.2, -0.15) is 0 Å². The van der Waals surface area contributed by atoms with Crippen LogP contribution in [-0.2, 0) is 7.05 Å². The number of benzene rings is 2. The van der Waals surface area contributed by atoms with Gasteiger partial charge >= 0.3 is 0 Å². The van der Waals surface area contributed by atoms with E-state index < -0.39 is 8.07 Å². The van der Waals surface area contributed by atoms with Gasteiger partial charge in [0.1, 0.15) is 7.05 Å². The Morgan fingerprint density at radius 2 is 1.58 bits per heavy atom. The first kappa shape index (κ1) is 24.2. The van der Waals surface area contributed by atoms with Crippen molar-refractivity contribution in [2.75, 3.05) is 0 Å². The third kappa shape index (κ3) is 4.56. The fraction of sp³-hybridized carbons (Fsp3) is 0.516. The second-order valence-corrected chi connectivity index (χ2v) is 16.6. The normalized spacial score (nSPS) is 15.7. The summed E-state index contributed by atoms with van der Waals surface area (Å²) < 4.78 is 2.34. The van der Waals surface area contributed by atoms with Crippen LogP contribution in [0.1, 0.15) is 88.3 Å². The Labute approximate surface area is 203 Å². The molecule has 1 aliphatic rings. The number of nitrogens with zero attached hydrogens (tertiary/aromatic N) is 1. The van der Waals surface area contributed by atoms with Crippen molar-refractivity contribution < 1.29 is 4.57 Å². The quantitative estimate of drug-likeness (QED) is 0.268. The maximum absolute atomic E-state index is 2.61. The molecule has 4 rings (SSSR count). The lowest BCUT2D eigenvalue weighted by atomic mass is 9.86. The molecule has 1 fully saturated rings. The lowest BCUT2D eigenvalue weighted by Gasteiger charge is -2.36. The van der Waals surface area contributed by atoms with Crippen molar-refractivity contribution in [3.8, 4) is 11.3 Å². The predicted molar refractivity (Wildman–Crippen MR) is 147 cm³/mol. The van der Waals surface area contributed by atoms with Gasteiger partial charge in [-0.15, -0.1) is 0 Å². The molecule has 0 N–H and O–H groups in total. The van der Waals surface area contributed by atoms with Gasteiger partial charge in [-0.05, 0) is 58.5 Å². The van der Waals surface area contributed by atoms with Gasteiger partial charge in [-0.25, -0.2) is 4.57 Å². The first-order chi connectivity index (χ1) is 15.6. The zero-order valence-electron chi connectivity index (χ0n) is 22.3. The van der Waals surface area contributed by atoms with Crippen LogP contribution >= 0.6 is 0 Å². The van der Waals surface area contributed by atoms with Crippen molar-refractivity contribution in [3.05, 3.63) is 59.3 Å². The van der Waals surface area contributed by atoms with Crippen LogP contribution in [0.3, 0.4) is 0 Å². The standard InChI is InChI=1S/C31H44NSi/c1-21(2)25-19-29(22(3)4)23(5)30(20-25)31-28-15-14-27(18-24(28)16-17-32(31)6)33(7,8)26-12-10-9-11-13-26/h14-22,26H,9-13H2,1-8H3/q+1. The number of hydrogen-bond acceptors (Lipinski definition) is 0. The molecular weight excluding hydrogens is 414 g/mol. The molecule has 0 atom stereocenters. The van der Waals surface area contributed by atoms with Crippen LogP contribution < -0.4 is 9.75 Å². The Morgan fingerprint density at radius 1 is 0.879 bits per heavy atom. The van der Waals surface area contributed by atoms with Crippen molar-refractivity contribution in [3.63, 3.8) is 0 Å². The van der Waals surface area contributed by atoms with Gasteiger partial charge in [0.2, 0.25) is 5.69 Å². The van der Waals surface area contributed by atoms with E-state index in [9.17, 15) is 0 Å². The van der Waals surface area contributed by atoms with Crippen LogP contribution in [-0.4, -0.2) is 8.07 Å². The summed E-state index contributed by atoms with van der Waals surface area (Å²) in [5.74, 6) is 1.05. The molecule has 2 aromatic carbocycles. The first-order valence-corrected chi connectivity index (χ1v) is 16.3. The predicted octanol–water partition coefficient (Wildman–Crippen LogP) is 8.14. The Morgan fingerprint density at radius 3 is 2.21 bits per heavy atom. The van der Waals surface area contributed by atoms with Gasteiger partial charge in [-0.3, -0.25) is 0 Å². The van der Waals surface area contributed by atoms with Gasteiger partial charge in [0.25, 0.3) is 0 Å². The Bertz CT molecular complexity index is 1150. The molecule has 0 spiro atoms. The fourth-order valence-corrected chi connectivity index (χ4v) is 9.47. The van der Waals surface area contributed by atoms with Gasteiger partial charge < -0.3 is 0 Å². The maximum Gasteiger partial charge on any atom is 0.220 e. The van der Waals surface area contributed by atoms with Gasteiger partial charge in [0.05, 0.1) is 19.0 Å². The van der Waals surface area contributed by atoms with Gasteiger partial charge in [0.15, 0.2) is 6.20 Å². The van der Waals surface area contributed by atoms with Crippen molar-refractivity contribution >= 4 is 24.0 Å². The van der Waals surface area contributed by atoms with Gasteiger partial charge in [0, 0.05) is 6.07 Å². The molecular formula is C31H44NSi+. The minimum absolute atomic E-state index is 0.524. The molecule has 1 saturated carbocycles. The molecule has 1 nitrogen and oxygen atoms in total. The van der Waals surface area contributed by atoms with E-state index in [2.05, 4.69) is 102 Å².